The Balaban J connectivity index is 1.62. The second-order valence-electron chi connectivity index (χ2n) is 7.30. The Morgan fingerprint density at radius 1 is 1.07 bits per heavy atom. The highest BCUT2D eigenvalue weighted by atomic mass is 32.2. The van der Waals surface area contributed by atoms with Crippen molar-refractivity contribution >= 4 is 21.6 Å². The van der Waals surface area contributed by atoms with Crippen LogP contribution < -0.4 is 10.0 Å². The Labute approximate surface area is 165 Å². The Morgan fingerprint density at radius 2 is 1.75 bits per heavy atom. The maximum Gasteiger partial charge on any atom is 0.332 e. The van der Waals surface area contributed by atoms with E-state index in [2.05, 4.69) is 25.5 Å². The number of nitrogens with one attached hydrogen (secondary N) is 2. The number of carbonyl (C=O) groups is 1. The van der Waals surface area contributed by atoms with Crippen LogP contribution in [-0.2, 0) is 35.6 Å². The molecule has 2 amide bonds. The molecular formula is C21H22N4O2S. The zero-order valence-corrected chi connectivity index (χ0v) is 16.6. The first kappa shape index (κ1) is 18.5. The van der Waals surface area contributed by atoms with Gasteiger partial charge in [-0.25, -0.2) is 13.7 Å². The largest absolute Gasteiger partial charge is 0.332 e. The summed E-state index contributed by atoms with van der Waals surface area (Å²) in [7, 11) is -3.37. The van der Waals surface area contributed by atoms with Crippen LogP contribution in [-0.4, -0.2) is 10.2 Å². The van der Waals surface area contributed by atoms with Crippen LogP contribution in [0.25, 0.3) is 4.95 Å². The predicted octanol–water partition coefficient (Wildman–Crippen LogP) is 4.37. The van der Waals surface area contributed by atoms with E-state index >= 15 is 0 Å². The first-order valence-electron chi connectivity index (χ1n) is 9.45. The second-order valence-corrected chi connectivity index (χ2v) is 9.19. The number of carbonyl (C=O) groups excluding carboxylic acids is 1. The minimum absolute atomic E-state index is 0.309. The van der Waals surface area contributed by atoms with Gasteiger partial charge in [0.15, 0.2) is 4.47 Å². The van der Waals surface area contributed by atoms with Gasteiger partial charge < -0.3 is 5.32 Å². The van der Waals surface area contributed by atoms with Crippen molar-refractivity contribution in [3.63, 3.8) is 0 Å². The van der Waals surface area contributed by atoms with Gasteiger partial charge in [-0.15, -0.1) is 4.95 Å². The van der Waals surface area contributed by atoms with Gasteiger partial charge in [0.05, 0.1) is 4.90 Å². The van der Waals surface area contributed by atoms with Gasteiger partial charge in [-0.05, 0) is 85.9 Å². The number of fused-ring (bicyclic) bond motifs is 3. The lowest BCUT2D eigenvalue weighted by molar-refractivity contribution is 0.257. The molecule has 6 nitrogen and oxygen atoms in total. The van der Waals surface area contributed by atoms with Gasteiger partial charge in [0.2, 0.25) is 9.92 Å². The lowest BCUT2D eigenvalue weighted by Gasteiger charge is -2.15. The first-order valence-corrected chi connectivity index (χ1v) is 11.0. The van der Waals surface area contributed by atoms with Crippen LogP contribution in [0.2, 0.25) is 0 Å². The monoisotopic (exact) mass is 394 g/mol. The number of amides is 2. The molecule has 2 aliphatic carbocycles. The molecule has 0 saturated carbocycles. The standard InChI is InChI=1S/C21H22N4O2S/c1-14-9-11-16(12-10-14)28(27,25-22-2)24-21(26)23-20-13-15-5-3-6-17(15)18-7-4-8-19(18)20/h9-13H,3-8H2,1H3,(H2,23,24,25,26,27). The highest BCUT2D eigenvalue weighted by molar-refractivity contribution is 7.92. The molecule has 28 heavy (non-hydrogen) atoms. The highest BCUT2D eigenvalue weighted by Crippen LogP contribution is 2.38. The van der Waals surface area contributed by atoms with Gasteiger partial charge in [-0.2, -0.15) is 6.57 Å². The van der Waals surface area contributed by atoms with E-state index in [-0.39, 0.29) is 0 Å². The van der Waals surface area contributed by atoms with E-state index in [9.17, 15) is 9.00 Å². The van der Waals surface area contributed by atoms with Crippen molar-refractivity contribution in [2.45, 2.75) is 50.3 Å². The van der Waals surface area contributed by atoms with E-state index in [1.165, 1.54) is 22.3 Å². The molecule has 0 heterocycles. The summed E-state index contributed by atoms with van der Waals surface area (Å²) in [5, 5.41) is 2.88. The van der Waals surface area contributed by atoms with Gasteiger partial charge in [-0.3, -0.25) is 0 Å². The van der Waals surface area contributed by atoms with Crippen LogP contribution in [0, 0.1) is 13.5 Å². The van der Waals surface area contributed by atoms with Crippen LogP contribution in [0.4, 0.5) is 10.5 Å². The molecule has 2 N–H and O–H groups in total. The van der Waals surface area contributed by atoms with Crippen LogP contribution in [0.15, 0.2) is 39.7 Å². The number of anilines is 1. The number of aryl methyl sites for hydroxylation is 2. The van der Waals surface area contributed by atoms with Gasteiger partial charge in [-0.1, -0.05) is 17.7 Å². The molecule has 2 aromatic rings. The van der Waals surface area contributed by atoms with Crippen LogP contribution in [0.5, 0.6) is 0 Å². The van der Waals surface area contributed by atoms with Crippen molar-refractivity contribution in [1.29, 1.82) is 0 Å². The van der Waals surface area contributed by atoms with E-state index in [4.69, 9.17) is 6.57 Å². The summed E-state index contributed by atoms with van der Waals surface area (Å²) >= 11 is 0. The summed E-state index contributed by atoms with van der Waals surface area (Å²) in [5.74, 6) is 0. The summed E-state index contributed by atoms with van der Waals surface area (Å²) in [4.78, 5) is 15.9. The second kappa shape index (κ2) is 7.28. The average Bonchev–Trinajstić information content (AvgIpc) is 3.31. The topological polar surface area (TPSA) is 74.9 Å². The average molecular weight is 395 g/mol. The van der Waals surface area contributed by atoms with Crippen molar-refractivity contribution in [2.75, 3.05) is 5.32 Å². The Kier molecular flexibility index (Phi) is 4.82. The number of nitrogens with zero attached hydrogens (tertiary/aromatic N) is 2. The molecule has 0 aromatic heterocycles. The van der Waals surface area contributed by atoms with E-state index in [1.54, 1.807) is 24.3 Å². The summed E-state index contributed by atoms with van der Waals surface area (Å²) in [6.45, 7) is 8.92. The molecule has 0 saturated heterocycles. The third-order valence-corrected chi connectivity index (χ3v) is 7.15. The normalized spacial score (nSPS) is 16.4. The lowest BCUT2D eigenvalue weighted by atomic mass is 9.98. The fourth-order valence-corrected chi connectivity index (χ4v) is 5.37. The maximum absolute atomic E-state index is 13.2. The SMILES string of the molecule is [C-]#[N+]N=S(=O)(NC(=O)Nc1cc2c(c3c1CCC3)CCC2)c1ccc(C)cc1. The van der Waals surface area contributed by atoms with Crippen molar-refractivity contribution in [2.24, 2.45) is 4.47 Å². The van der Waals surface area contributed by atoms with Gasteiger partial charge >= 0.3 is 6.03 Å². The number of hydrogen-bond acceptors (Lipinski definition) is 3. The molecule has 2 aromatic carbocycles. The predicted molar refractivity (Wildman–Crippen MR) is 109 cm³/mol. The first-order chi connectivity index (χ1) is 13.5. The number of hydrogen-bond donors (Lipinski definition) is 2. The van der Waals surface area contributed by atoms with Crippen molar-refractivity contribution in [3.8, 4) is 0 Å². The number of rotatable bonds is 3. The van der Waals surface area contributed by atoms with Crippen molar-refractivity contribution in [3.05, 3.63) is 69.7 Å². The fourth-order valence-electron chi connectivity index (χ4n) is 4.20. The lowest BCUT2D eigenvalue weighted by Crippen LogP contribution is -2.34. The summed E-state index contributed by atoms with van der Waals surface area (Å²) < 4.78 is 19.1. The Hall–Kier alpha value is -2.85. The van der Waals surface area contributed by atoms with Crippen LogP contribution in [0.3, 0.4) is 0 Å². The molecule has 1 atom stereocenters. The molecule has 0 fully saturated rings. The molecule has 0 radical (unpaired) electrons. The van der Waals surface area contributed by atoms with Crippen LogP contribution in [0.1, 0.15) is 40.7 Å². The molecule has 1 unspecified atom stereocenters. The van der Waals surface area contributed by atoms with E-state index in [1.807, 2.05) is 6.92 Å². The third kappa shape index (κ3) is 3.36. The number of benzene rings is 2. The minimum atomic E-state index is -3.37. The van der Waals surface area contributed by atoms with Gasteiger partial charge in [0, 0.05) is 5.69 Å². The van der Waals surface area contributed by atoms with Crippen molar-refractivity contribution in [1.82, 2.24) is 4.72 Å². The molecule has 2 aliphatic rings. The van der Waals surface area contributed by atoms with Gasteiger partial charge in [0.25, 0.3) is 0 Å². The molecule has 0 aliphatic heterocycles. The maximum atomic E-state index is 13.2. The van der Waals surface area contributed by atoms with E-state index in [0.717, 1.165) is 49.8 Å². The fraction of sp³-hybridized carbons (Fsp3) is 0.333. The molecular weight excluding hydrogens is 372 g/mol. The summed E-state index contributed by atoms with van der Waals surface area (Å²) in [6.07, 6.45) is 6.40. The third-order valence-electron chi connectivity index (χ3n) is 5.46. The van der Waals surface area contributed by atoms with Crippen LogP contribution >= 0.6 is 0 Å². The molecule has 7 heteroatoms. The molecule has 0 bridgehead atoms. The number of urea groups is 1. The Bertz CT molecular complexity index is 1110. The molecule has 4 rings (SSSR count). The molecule has 144 valence electrons. The zero-order chi connectivity index (χ0) is 19.7. The van der Waals surface area contributed by atoms with Gasteiger partial charge in [0.1, 0.15) is 0 Å². The minimum Gasteiger partial charge on any atom is -0.307 e. The summed E-state index contributed by atoms with van der Waals surface area (Å²) in [5.41, 5.74) is 7.13. The van der Waals surface area contributed by atoms with E-state index in [0.29, 0.717) is 4.90 Å². The Morgan fingerprint density at radius 3 is 2.50 bits per heavy atom. The smallest absolute Gasteiger partial charge is 0.307 e. The van der Waals surface area contributed by atoms with E-state index < -0.39 is 15.9 Å². The zero-order valence-electron chi connectivity index (χ0n) is 15.7. The van der Waals surface area contributed by atoms with Crippen molar-refractivity contribution < 1.29 is 9.00 Å². The molecule has 0 spiro atoms. The highest BCUT2D eigenvalue weighted by Gasteiger charge is 2.26. The summed E-state index contributed by atoms with van der Waals surface area (Å²) in [6, 6.07) is 8.26. The quantitative estimate of drug-likeness (QED) is 0.599.